The van der Waals surface area contributed by atoms with Crippen LogP contribution in [0.5, 0.6) is 0 Å². The van der Waals surface area contributed by atoms with Crippen molar-refractivity contribution in [3.05, 3.63) is 70.8 Å². The lowest BCUT2D eigenvalue weighted by Gasteiger charge is -2.09. The number of hydrogen-bond donors (Lipinski definition) is 0. The number of rotatable bonds is 9. The summed E-state index contributed by atoms with van der Waals surface area (Å²) in [4.78, 5) is 24.6. The van der Waals surface area contributed by atoms with Gasteiger partial charge in [0.25, 0.3) is 0 Å². The standard InChI is InChI=1S/C26H30O2/c27-25(17-19-13-21-7-1-2-8-22(21)14-19)11-5-6-12-26(28)18-20-15-23-9-3-4-10-24(23)16-20/h1-4,7-10,19-20H,5-6,11-18H2. The second kappa shape index (κ2) is 8.86. The van der Waals surface area contributed by atoms with E-state index in [4.69, 9.17) is 0 Å². The average Bonchev–Trinajstić information content (AvgIpc) is 3.27. The quantitative estimate of drug-likeness (QED) is 0.559. The van der Waals surface area contributed by atoms with E-state index < -0.39 is 0 Å². The molecule has 0 heterocycles. The minimum atomic E-state index is 0.372. The van der Waals surface area contributed by atoms with Gasteiger partial charge in [0.15, 0.2) is 0 Å². The zero-order valence-electron chi connectivity index (χ0n) is 16.7. The summed E-state index contributed by atoms with van der Waals surface area (Å²) in [6.07, 6.45) is 8.56. The molecule has 0 fully saturated rings. The van der Waals surface area contributed by atoms with Crippen LogP contribution >= 0.6 is 0 Å². The largest absolute Gasteiger partial charge is 0.300 e. The SMILES string of the molecule is O=C(CCCCC(=O)CC1Cc2ccccc2C1)CC1Cc2ccccc2C1. The van der Waals surface area contributed by atoms with Gasteiger partial charge in [-0.3, -0.25) is 9.59 Å². The fourth-order valence-corrected chi connectivity index (χ4v) is 5.08. The van der Waals surface area contributed by atoms with Crippen LogP contribution in [0.4, 0.5) is 0 Å². The number of carbonyl (C=O) groups is 2. The molecule has 2 nitrogen and oxygen atoms in total. The minimum Gasteiger partial charge on any atom is -0.300 e. The maximum absolute atomic E-state index is 12.3. The Balaban J connectivity index is 1.10. The average molecular weight is 375 g/mol. The molecule has 0 bridgehead atoms. The summed E-state index contributed by atoms with van der Waals surface area (Å²) in [5, 5.41) is 0. The maximum atomic E-state index is 12.3. The Hall–Kier alpha value is -2.22. The zero-order valence-corrected chi connectivity index (χ0v) is 16.7. The summed E-state index contributed by atoms with van der Waals surface area (Å²) in [5.41, 5.74) is 5.67. The van der Waals surface area contributed by atoms with Crippen molar-refractivity contribution in [2.45, 2.75) is 64.2 Å². The summed E-state index contributed by atoms with van der Waals surface area (Å²) in [5.74, 6) is 1.71. The molecule has 2 aliphatic carbocycles. The highest BCUT2D eigenvalue weighted by Crippen LogP contribution is 2.30. The molecule has 0 aromatic heterocycles. The molecule has 0 amide bonds. The van der Waals surface area contributed by atoms with Crippen LogP contribution in [0.15, 0.2) is 48.5 Å². The van der Waals surface area contributed by atoms with E-state index in [-0.39, 0.29) is 0 Å². The highest BCUT2D eigenvalue weighted by atomic mass is 16.1. The first-order valence-corrected chi connectivity index (χ1v) is 10.8. The van der Waals surface area contributed by atoms with Crippen molar-refractivity contribution in [3.63, 3.8) is 0 Å². The van der Waals surface area contributed by atoms with Crippen LogP contribution in [0.3, 0.4) is 0 Å². The molecule has 2 aromatic carbocycles. The summed E-state index contributed by atoms with van der Waals surface area (Å²) in [7, 11) is 0. The van der Waals surface area contributed by atoms with E-state index in [0.29, 0.717) is 49.1 Å². The second-order valence-electron chi connectivity index (χ2n) is 8.78. The van der Waals surface area contributed by atoms with Gasteiger partial charge >= 0.3 is 0 Å². The molecular formula is C26H30O2. The third-order valence-corrected chi connectivity index (χ3v) is 6.47. The lowest BCUT2D eigenvalue weighted by molar-refractivity contribution is -0.121. The molecule has 0 unspecified atom stereocenters. The molecule has 2 aliphatic rings. The first kappa shape index (κ1) is 19.1. The van der Waals surface area contributed by atoms with Crippen molar-refractivity contribution in [3.8, 4) is 0 Å². The van der Waals surface area contributed by atoms with Crippen molar-refractivity contribution >= 4 is 11.6 Å². The van der Waals surface area contributed by atoms with Crippen LogP contribution in [0.2, 0.25) is 0 Å². The van der Waals surface area contributed by atoms with E-state index in [0.717, 1.165) is 38.5 Å². The van der Waals surface area contributed by atoms with Crippen LogP contribution in [-0.4, -0.2) is 11.6 Å². The Labute approximate surface area is 168 Å². The number of Topliss-reactive ketones (excluding diaryl/α,β-unsaturated/α-hetero) is 2. The number of carbonyl (C=O) groups excluding carboxylic acids is 2. The molecule has 0 N–H and O–H groups in total. The van der Waals surface area contributed by atoms with E-state index in [2.05, 4.69) is 48.5 Å². The van der Waals surface area contributed by atoms with Crippen LogP contribution in [0.1, 0.15) is 60.8 Å². The molecular weight excluding hydrogens is 344 g/mol. The van der Waals surface area contributed by atoms with Gasteiger partial charge < -0.3 is 0 Å². The lowest BCUT2D eigenvalue weighted by Crippen LogP contribution is -2.10. The predicted molar refractivity (Wildman–Crippen MR) is 112 cm³/mol. The van der Waals surface area contributed by atoms with E-state index >= 15 is 0 Å². The highest BCUT2D eigenvalue weighted by Gasteiger charge is 2.24. The number of hydrogen-bond acceptors (Lipinski definition) is 2. The van der Waals surface area contributed by atoms with Crippen LogP contribution in [-0.2, 0) is 35.3 Å². The minimum absolute atomic E-state index is 0.372. The van der Waals surface area contributed by atoms with Gasteiger partial charge in [-0.1, -0.05) is 48.5 Å². The molecule has 0 saturated heterocycles. The molecule has 0 saturated carbocycles. The van der Waals surface area contributed by atoms with E-state index in [1.807, 2.05) is 0 Å². The normalized spacial score (nSPS) is 16.1. The zero-order chi connectivity index (χ0) is 19.3. The summed E-state index contributed by atoms with van der Waals surface area (Å²) in [6.45, 7) is 0. The Kier molecular flexibility index (Phi) is 6.04. The van der Waals surface area contributed by atoms with Gasteiger partial charge in [-0.25, -0.2) is 0 Å². The van der Waals surface area contributed by atoms with Crippen molar-refractivity contribution in [2.24, 2.45) is 11.8 Å². The van der Waals surface area contributed by atoms with E-state index in [1.54, 1.807) is 0 Å². The van der Waals surface area contributed by atoms with Gasteiger partial charge in [0.05, 0.1) is 0 Å². The number of benzene rings is 2. The number of fused-ring (bicyclic) bond motifs is 2. The Morgan fingerprint density at radius 3 is 1.25 bits per heavy atom. The number of ketones is 2. The van der Waals surface area contributed by atoms with Crippen molar-refractivity contribution < 1.29 is 9.59 Å². The Bertz CT molecular complexity index is 730. The predicted octanol–water partition coefficient (Wildman–Crippen LogP) is 5.30. The lowest BCUT2D eigenvalue weighted by atomic mass is 9.95. The first-order chi connectivity index (χ1) is 13.7. The molecule has 28 heavy (non-hydrogen) atoms. The summed E-state index contributed by atoms with van der Waals surface area (Å²) >= 11 is 0. The maximum Gasteiger partial charge on any atom is 0.133 e. The first-order valence-electron chi connectivity index (χ1n) is 10.8. The third-order valence-electron chi connectivity index (χ3n) is 6.47. The van der Waals surface area contributed by atoms with Gasteiger partial charge in [0.2, 0.25) is 0 Å². The Morgan fingerprint density at radius 2 is 0.929 bits per heavy atom. The number of unbranched alkanes of at least 4 members (excludes halogenated alkanes) is 1. The molecule has 0 radical (unpaired) electrons. The third kappa shape index (κ3) is 4.79. The van der Waals surface area contributed by atoms with Crippen molar-refractivity contribution in [1.29, 1.82) is 0 Å². The van der Waals surface area contributed by atoms with Gasteiger partial charge in [0, 0.05) is 25.7 Å². The molecule has 2 aromatic rings. The molecule has 146 valence electrons. The van der Waals surface area contributed by atoms with Crippen molar-refractivity contribution in [2.75, 3.05) is 0 Å². The van der Waals surface area contributed by atoms with Crippen molar-refractivity contribution in [1.82, 2.24) is 0 Å². The Morgan fingerprint density at radius 1 is 0.607 bits per heavy atom. The van der Waals surface area contributed by atoms with Crippen LogP contribution < -0.4 is 0 Å². The van der Waals surface area contributed by atoms with Gasteiger partial charge in [-0.15, -0.1) is 0 Å². The van der Waals surface area contributed by atoms with Gasteiger partial charge in [-0.05, 0) is 72.6 Å². The van der Waals surface area contributed by atoms with Gasteiger partial charge in [0.1, 0.15) is 11.6 Å². The summed E-state index contributed by atoms with van der Waals surface area (Å²) in [6, 6.07) is 17.1. The summed E-state index contributed by atoms with van der Waals surface area (Å²) < 4.78 is 0. The topological polar surface area (TPSA) is 34.1 Å². The highest BCUT2D eigenvalue weighted by molar-refractivity contribution is 5.80. The van der Waals surface area contributed by atoms with Crippen LogP contribution in [0.25, 0.3) is 0 Å². The van der Waals surface area contributed by atoms with Crippen LogP contribution in [0, 0.1) is 11.8 Å². The molecule has 0 aliphatic heterocycles. The van der Waals surface area contributed by atoms with Gasteiger partial charge in [-0.2, -0.15) is 0 Å². The molecule has 4 rings (SSSR count). The second-order valence-corrected chi connectivity index (χ2v) is 8.78. The van der Waals surface area contributed by atoms with E-state index in [9.17, 15) is 9.59 Å². The molecule has 2 heteroatoms. The molecule has 0 atom stereocenters. The fourth-order valence-electron chi connectivity index (χ4n) is 5.08. The molecule has 0 spiro atoms. The van der Waals surface area contributed by atoms with E-state index in [1.165, 1.54) is 22.3 Å². The smallest absolute Gasteiger partial charge is 0.133 e. The monoisotopic (exact) mass is 374 g/mol. The fraction of sp³-hybridized carbons (Fsp3) is 0.462.